The molecule has 0 saturated carbocycles. The zero-order valence-electron chi connectivity index (χ0n) is 13.7. The molecule has 2 aromatic carbocycles. The van der Waals surface area contributed by atoms with Crippen LogP contribution >= 0.6 is 35.6 Å². The van der Waals surface area contributed by atoms with Crippen molar-refractivity contribution in [2.45, 2.75) is 31.2 Å². The minimum Gasteiger partial charge on any atom is -0.302 e. The third-order valence-electron chi connectivity index (χ3n) is 5.65. The fourth-order valence-corrected chi connectivity index (χ4v) is 4.99. The minimum atomic E-state index is 0. The summed E-state index contributed by atoms with van der Waals surface area (Å²) in [6.07, 6.45) is 3.49. The van der Waals surface area contributed by atoms with Crippen molar-refractivity contribution in [3.05, 3.63) is 69.2 Å². The Balaban J connectivity index is 0.00000169. The van der Waals surface area contributed by atoms with Gasteiger partial charge in [-0.1, -0.05) is 41.4 Å². The first-order valence-electron chi connectivity index (χ1n) is 8.35. The highest BCUT2D eigenvalue weighted by Crippen LogP contribution is 2.45. The molecular formula is C20H22Cl3N. The molecule has 2 aliphatic rings. The molecule has 1 fully saturated rings. The van der Waals surface area contributed by atoms with Gasteiger partial charge in [-0.05, 0) is 73.2 Å². The number of likely N-dealkylation sites (tertiary alicyclic amines) is 1. The average Bonchev–Trinajstić information content (AvgIpc) is 2.83. The van der Waals surface area contributed by atoms with Crippen LogP contribution in [0.5, 0.6) is 0 Å². The molecule has 0 radical (unpaired) electrons. The normalized spacial score (nSPS) is 25.7. The van der Waals surface area contributed by atoms with E-state index < -0.39 is 0 Å². The second-order valence-electron chi connectivity index (χ2n) is 6.99. The van der Waals surface area contributed by atoms with Crippen LogP contribution in [-0.4, -0.2) is 24.5 Å². The molecular weight excluding hydrogens is 361 g/mol. The van der Waals surface area contributed by atoms with E-state index in [2.05, 4.69) is 42.3 Å². The summed E-state index contributed by atoms with van der Waals surface area (Å²) in [5.74, 6) is 1.37. The van der Waals surface area contributed by atoms with Crippen LogP contribution in [0.15, 0.2) is 42.5 Å². The summed E-state index contributed by atoms with van der Waals surface area (Å²) in [6.45, 7) is 1.14. The van der Waals surface area contributed by atoms with Gasteiger partial charge in [0.25, 0.3) is 0 Å². The van der Waals surface area contributed by atoms with Crippen molar-refractivity contribution in [1.29, 1.82) is 0 Å². The van der Waals surface area contributed by atoms with Gasteiger partial charge in [0.2, 0.25) is 0 Å². The molecule has 3 atom stereocenters. The molecule has 1 unspecified atom stereocenters. The standard InChI is InChI=1S/C20H21Cl2N.ClH/c1-23-12-19-17-8-6-16(22)11-14(17)5-7-18(19)20(23)10-13-3-2-4-15(21)9-13;/h2-4,6,8-9,11,18-20H,5,7,10,12H2,1H3;1H/t18?,19-,20+;/m0./s1. The van der Waals surface area contributed by atoms with Crippen molar-refractivity contribution < 1.29 is 0 Å². The Bertz CT molecular complexity index is 731. The summed E-state index contributed by atoms with van der Waals surface area (Å²) < 4.78 is 0. The predicted molar refractivity (Wildman–Crippen MR) is 105 cm³/mol. The van der Waals surface area contributed by atoms with Gasteiger partial charge in [-0.3, -0.25) is 0 Å². The quantitative estimate of drug-likeness (QED) is 0.651. The van der Waals surface area contributed by atoms with E-state index in [1.165, 1.54) is 23.1 Å². The monoisotopic (exact) mass is 381 g/mol. The summed E-state index contributed by atoms with van der Waals surface area (Å²) in [4.78, 5) is 2.54. The number of benzene rings is 2. The molecule has 1 heterocycles. The lowest BCUT2D eigenvalue weighted by molar-refractivity contribution is 0.259. The van der Waals surface area contributed by atoms with Crippen molar-refractivity contribution in [3.8, 4) is 0 Å². The zero-order valence-corrected chi connectivity index (χ0v) is 16.0. The Hall–Kier alpha value is -0.730. The molecule has 128 valence electrons. The zero-order chi connectivity index (χ0) is 16.0. The second-order valence-corrected chi connectivity index (χ2v) is 7.87. The van der Waals surface area contributed by atoms with Crippen molar-refractivity contribution in [3.63, 3.8) is 0 Å². The van der Waals surface area contributed by atoms with E-state index in [1.807, 2.05) is 12.1 Å². The van der Waals surface area contributed by atoms with E-state index >= 15 is 0 Å². The van der Waals surface area contributed by atoms with E-state index in [0.29, 0.717) is 12.0 Å². The number of fused-ring (bicyclic) bond motifs is 3. The van der Waals surface area contributed by atoms with Crippen molar-refractivity contribution in [2.75, 3.05) is 13.6 Å². The van der Waals surface area contributed by atoms with Crippen LogP contribution in [0.2, 0.25) is 10.0 Å². The fraction of sp³-hybridized carbons (Fsp3) is 0.400. The first-order chi connectivity index (χ1) is 11.1. The fourth-order valence-electron chi connectivity index (χ4n) is 4.59. The number of nitrogens with zero attached hydrogens (tertiary/aromatic N) is 1. The third kappa shape index (κ3) is 3.32. The highest BCUT2D eigenvalue weighted by molar-refractivity contribution is 6.30. The van der Waals surface area contributed by atoms with Gasteiger partial charge in [-0.2, -0.15) is 0 Å². The Labute approximate surface area is 160 Å². The Morgan fingerprint density at radius 3 is 2.67 bits per heavy atom. The molecule has 1 nitrogen and oxygen atoms in total. The van der Waals surface area contributed by atoms with E-state index in [0.717, 1.165) is 35.3 Å². The molecule has 4 heteroatoms. The molecule has 0 spiro atoms. The Kier molecular flexibility index (Phi) is 5.46. The molecule has 1 aliphatic carbocycles. The molecule has 0 bridgehead atoms. The third-order valence-corrected chi connectivity index (χ3v) is 6.12. The van der Waals surface area contributed by atoms with E-state index in [9.17, 15) is 0 Å². The van der Waals surface area contributed by atoms with E-state index in [-0.39, 0.29) is 12.4 Å². The molecule has 0 aromatic heterocycles. The van der Waals surface area contributed by atoms with Crippen LogP contribution in [0, 0.1) is 5.92 Å². The molecule has 1 aliphatic heterocycles. The second kappa shape index (κ2) is 7.25. The van der Waals surface area contributed by atoms with Gasteiger partial charge in [-0.25, -0.2) is 0 Å². The van der Waals surface area contributed by atoms with Gasteiger partial charge >= 0.3 is 0 Å². The number of halogens is 3. The highest BCUT2D eigenvalue weighted by atomic mass is 35.5. The van der Waals surface area contributed by atoms with Crippen LogP contribution in [0.4, 0.5) is 0 Å². The summed E-state index contributed by atoms with van der Waals surface area (Å²) in [6, 6.07) is 15.4. The number of aryl methyl sites for hydroxylation is 1. The van der Waals surface area contributed by atoms with Gasteiger partial charge in [0.05, 0.1) is 0 Å². The summed E-state index contributed by atoms with van der Waals surface area (Å²) in [5, 5.41) is 1.70. The molecule has 4 rings (SSSR count). The lowest BCUT2D eigenvalue weighted by atomic mass is 9.73. The highest BCUT2D eigenvalue weighted by Gasteiger charge is 2.42. The predicted octanol–water partition coefficient (Wildman–Crippen LogP) is 5.62. The van der Waals surface area contributed by atoms with E-state index in [4.69, 9.17) is 23.2 Å². The van der Waals surface area contributed by atoms with Crippen LogP contribution in [0.25, 0.3) is 0 Å². The maximum absolute atomic E-state index is 6.18. The topological polar surface area (TPSA) is 3.24 Å². The van der Waals surface area contributed by atoms with Crippen LogP contribution in [-0.2, 0) is 12.8 Å². The maximum Gasteiger partial charge on any atom is 0.0408 e. The maximum atomic E-state index is 6.18. The number of hydrogen-bond acceptors (Lipinski definition) is 1. The SMILES string of the molecule is CN1C[C@H]2c3ccc(Cl)cc3CCC2[C@H]1Cc1cccc(Cl)c1.Cl. The van der Waals surface area contributed by atoms with E-state index in [1.54, 1.807) is 0 Å². The number of hydrogen-bond donors (Lipinski definition) is 0. The average molecular weight is 383 g/mol. The first-order valence-corrected chi connectivity index (χ1v) is 9.10. The number of likely N-dealkylation sites (N-methyl/N-ethyl adjacent to an activating group) is 1. The van der Waals surface area contributed by atoms with Crippen LogP contribution in [0.3, 0.4) is 0 Å². The van der Waals surface area contributed by atoms with Gasteiger partial charge in [-0.15, -0.1) is 12.4 Å². The van der Waals surface area contributed by atoms with Crippen LogP contribution < -0.4 is 0 Å². The molecule has 0 amide bonds. The van der Waals surface area contributed by atoms with Crippen LogP contribution in [0.1, 0.15) is 29.0 Å². The smallest absolute Gasteiger partial charge is 0.0408 e. The molecule has 0 N–H and O–H groups in total. The molecule has 2 aromatic rings. The largest absolute Gasteiger partial charge is 0.302 e. The number of rotatable bonds is 2. The van der Waals surface area contributed by atoms with Crippen molar-refractivity contribution >= 4 is 35.6 Å². The summed E-state index contributed by atoms with van der Waals surface area (Å²) >= 11 is 12.3. The van der Waals surface area contributed by atoms with Gasteiger partial charge in [0, 0.05) is 28.5 Å². The molecule has 1 saturated heterocycles. The summed E-state index contributed by atoms with van der Waals surface area (Å²) in [7, 11) is 2.27. The Morgan fingerprint density at radius 1 is 1.08 bits per heavy atom. The van der Waals surface area contributed by atoms with Gasteiger partial charge in [0.1, 0.15) is 0 Å². The van der Waals surface area contributed by atoms with Crippen molar-refractivity contribution in [1.82, 2.24) is 4.90 Å². The van der Waals surface area contributed by atoms with Gasteiger partial charge < -0.3 is 4.90 Å². The van der Waals surface area contributed by atoms with Crippen molar-refractivity contribution in [2.24, 2.45) is 5.92 Å². The first kappa shape index (κ1) is 18.1. The Morgan fingerprint density at radius 2 is 1.88 bits per heavy atom. The van der Waals surface area contributed by atoms with Gasteiger partial charge in [0.15, 0.2) is 0 Å². The molecule has 24 heavy (non-hydrogen) atoms. The summed E-state index contributed by atoms with van der Waals surface area (Å²) in [5.41, 5.74) is 4.32. The lowest BCUT2D eigenvalue weighted by Gasteiger charge is -2.31. The lowest BCUT2D eigenvalue weighted by Crippen LogP contribution is -2.32. The minimum absolute atomic E-state index is 0.